The number of aryl methyl sites for hydroxylation is 1. The first-order valence-electron chi connectivity index (χ1n) is 10.5. The molecule has 0 heterocycles. The summed E-state index contributed by atoms with van der Waals surface area (Å²) < 4.78 is 21.6. The smallest absolute Gasteiger partial charge is 0.191 e. The average Bonchev–Trinajstić information content (AvgIpc) is 2.79. The normalized spacial score (nSPS) is 10.9. The Hall–Kier alpha value is -2.04. The monoisotopic (exact) mass is 557 g/mol. The minimum Gasteiger partial charge on any atom is -0.493 e. The highest BCUT2D eigenvalue weighted by Gasteiger charge is 2.06. The Bertz CT molecular complexity index is 800. The van der Waals surface area contributed by atoms with Gasteiger partial charge in [-0.3, -0.25) is 4.99 Å². The zero-order chi connectivity index (χ0) is 22.3. The van der Waals surface area contributed by atoms with Crippen molar-refractivity contribution >= 4 is 29.9 Å². The fourth-order valence-corrected chi connectivity index (χ4v) is 2.86. The van der Waals surface area contributed by atoms with Gasteiger partial charge in [-0.15, -0.1) is 24.0 Å². The standard InChI is InChI=1S/C24H35N3O4.HI/c1-19-6-9-21(23(16-19)31-13-5-12-28-3)18-27-24(25-2)26-17-20-7-10-22(11-8-20)30-15-14-29-4;/h6-11,16H,5,12-15,17-18H2,1-4H3,(H2,25,26,27);1H. The molecule has 2 aromatic carbocycles. The SMILES string of the molecule is CN=C(NCc1ccc(OCCOC)cc1)NCc1ccc(C)cc1OCCCOC.I. The van der Waals surface area contributed by atoms with E-state index in [0.29, 0.717) is 39.5 Å². The fourth-order valence-electron chi connectivity index (χ4n) is 2.86. The average molecular weight is 557 g/mol. The number of nitrogens with zero attached hydrogens (tertiary/aromatic N) is 1. The fraction of sp³-hybridized carbons (Fsp3) is 0.458. The molecular weight excluding hydrogens is 521 g/mol. The molecule has 2 rings (SSSR count). The van der Waals surface area contributed by atoms with Crippen LogP contribution in [0.4, 0.5) is 0 Å². The van der Waals surface area contributed by atoms with Gasteiger partial charge in [0.2, 0.25) is 0 Å². The summed E-state index contributed by atoms with van der Waals surface area (Å²) in [6.07, 6.45) is 0.858. The highest BCUT2D eigenvalue weighted by Crippen LogP contribution is 2.20. The number of hydrogen-bond acceptors (Lipinski definition) is 5. The van der Waals surface area contributed by atoms with Crippen molar-refractivity contribution in [3.63, 3.8) is 0 Å². The summed E-state index contributed by atoms with van der Waals surface area (Å²) >= 11 is 0. The Kier molecular flexibility index (Phi) is 14.5. The third-order valence-electron chi connectivity index (χ3n) is 4.58. The zero-order valence-corrected chi connectivity index (χ0v) is 21.8. The molecule has 0 saturated carbocycles. The molecule has 0 amide bonds. The van der Waals surface area contributed by atoms with E-state index in [1.54, 1.807) is 21.3 Å². The molecule has 0 aliphatic carbocycles. The molecule has 0 saturated heterocycles. The van der Waals surface area contributed by atoms with Gasteiger partial charge in [-0.1, -0.05) is 24.3 Å². The van der Waals surface area contributed by atoms with E-state index in [9.17, 15) is 0 Å². The Morgan fingerprint density at radius 3 is 2.25 bits per heavy atom. The summed E-state index contributed by atoms with van der Waals surface area (Å²) in [5, 5.41) is 6.70. The van der Waals surface area contributed by atoms with Crippen molar-refractivity contribution in [3.05, 3.63) is 59.2 Å². The second kappa shape index (κ2) is 16.6. The second-order valence-electron chi connectivity index (χ2n) is 7.07. The molecule has 32 heavy (non-hydrogen) atoms. The highest BCUT2D eigenvalue weighted by molar-refractivity contribution is 14.0. The van der Waals surface area contributed by atoms with E-state index in [0.717, 1.165) is 35.0 Å². The van der Waals surface area contributed by atoms with E-state index in [4.69, 9.17) is 18.9 Å². The minimum atomic E-state index is 0. The predicted octanol–water partition coefficient (Wildman–Crippen LogP) is 3.92. The molecule has 0 aliphatic heterocycles. The third kappa shape index (κ3) is 10.5. The van der Waals surface area contributed by atoms with E-state index in [1.165, 1.54) is 5.56 Å². The number of benzene rings is 2. The summed E-state index contributed by atoms with van der Waals surface area (Å²) in [6.45, 7) is 5.78. The first-order valence-corrected chi connectivity index (χ1v) is 10.5. The lowest BCUT2D eigenvalue weighted by molar-refractivity contribution is 0.146. The van der Waals surface area contributed by atoms with Crippen molar-refractivity contribution in [2.24, 2.45) is 4.99 Å². The number of nitrogens with one attached hydrogen (secondary N) is 2. The van der Waals surface area contributed by atoms with Gasteiger partial charge in [0.25, 0.3) is 0 Å². The van der Waals surface area contributed by atoms with Crippen LogP contribution in [0.3, 0.4) is 0 Å². The lowest BCUT2D eigenvalue weighted by atomic mass is 10.1. The van der Waals surface area contributed by atoms with Crippen LogP contribution in [0.25, 0.3) is 0 Å². The van der Waals surface area contributed by atoms with E-state index < -0.39 is 0 Å². The molecule has 0 radical (unpaired) electrons. The van der Waals surface area contributed by atoms with Crippen LogP contribution in [0.5, 0.6) is 11.5 Å². The number of methoxy groups -OCH3 is 2. The quantitative estimate of drug-likeness (QED) is 0.169. The van der Waals surface area contributed by atoms with Crippen molar-refractivity contribution in [1.82, 2.24) is 10.6 Å². The van der Waals surface area contributed by atoms with Crippen LogP contribution in [0.1, 0.15) is 23.1 Å². The van der Waals surface area contributed by atoms with Crippen LogP contribution >= 0.6 is 24.0 Å². The molecule has 0 atom stereocenters. The number of rotatable bonds is 13. The first-order chi connectivity index (χ1) is 15.2. The Morgan fingerprint density at radius 2 is 1.56 bits per heavy atom. The number of hydrogen-bond donors (Lipinski definition) is 2. The highest BCUT2D eigenvalue weighted by atomic mass is 127. The number of guanidine groups is 1. The lowest BCUT2D eigenvalue weighted by Gasteiger charge is -2.16. The van der Waals surface area contributed by atoms with Crippen LogP contribution in [0.15, 0.2) is 47.5 Å². The largest absolute Gasteiger partial charge is 0.493 e. The first kappa shape index (κ1) is 28.0. The summed E-state index contributed by atoms with van der Waals surface area (Å²) in [5.74, 6) is 2.45. The van der Waals surface area contributed by atoms with E-state index in [-0.39, 0.29) is 24.0 Å². The molecule has 2 aromatic rings. The van der Waals surface area contributed by atoms with Crippen molar-refractivity contribution < 1.29 is 18.9 Å². The van der Waals surface area contributed by atoms with E-state index in [1.807, 2.05) is 24.3 Å². The maximum Gasteiger partial charge on any atom is 0.191 e. The van der Waals surface area contributed by atoms with Gasteiger partial charge in [-0.05, 0) is 36.2 Å². The minimum absolute atomic E-state index is 0. The Morgan fingerprint density at radius 1 is 0.844 bits per heavy atom. The van der Waals surface area contributed by atoms with Crippen molar-refractivity contribution in [2.75, 3.05) is 47.7 Å². The molecule has 7 nitrogen and oxygen atoms in total. The molecule has 0 aromatic heterocycles. The zero-order valence-electron chi connectivity index (χ0n) is 19.5. The molecule has 0 unspecified atom stereocenters. The molecule has 0 aliphatic rings. The molecular formula is C24H36IN3O4. The lowest BCUT2D eigenvalue weighted by Crippen LogP contribution is -2.36. The van der Waals surface area contributed by atoms with Crippen LogP contribution in [0, 0.1) is 6.92 Å². The maximum absolute atomic E-state index is 5.96. The van der Waals surface area contributed by atoms with Crippen molar-refractivity contribution in [3.8, 4) is 11.5 Å². The molecule has 8 heteroatoms. The summed E-state index contributed by atoms with van der Waals surface area (Å²) in [5.41, 5.74) is 3.39. The Balaban J connectivity index is 0.00000512. The molecule has 2 N–H and O–H groups in total. The van der Waals surface area contributed by atoms with Gasteiger partial charge < -0.3 is 29.6 Å². The summed E-state index contributed by atoms with van der Waals surface area (Å²) in [7, 11) is 5.12. The van der Waals surface area contributed by atoms with Crippen LogP contribution in [0.2, 0.25) is 0 Å². The third-order valence-corrected chi connectivity index (χ3v) is 4.58. The van der Waals surface area contributed by atoms with Gasteiger partial charge in [-0.25, -0.2) is 0 Å². The van der Waals surface area contributed by atoms with Gasteiger partial charge in [-0.2, -0.15) is 0 Å². The summed E-state index contributed by atoms with van der Waals surface area (Å²) in [6, 6.07) is 14.2. The van der Waals surface area contributed by atoms with Crippen LogP contribution < -0.4 is 20.1 Å². The van der Waals surface area contributed by atoms with Gasteiger partial charge >= 0.3 is 0 Å². The number of aliphatic imine (C=N–C) groups is 1. The van der Waals surface area contributed by atoms with Gasteiger partial charge in [0, 0.05) is 52.9 Å². The predicted molar refractivity (Wildman–Crippen MR) is 139 cm³/mol. The summed E-state index contributed by atoms with van der Waals surface area (Å²) in [4.78, 5) is 4.32. The second-order valence-corrected chi connectivity index (χ2v) is 7.07. The van der Waals surface area contributed by atoms with Crippen molar-refractivity contribution in [2.45, 2.75) is 26.4 Å². The van der Waals surface area contributed by atoms with Gasteiger partial charge in [0.05, 0.1) is 13.2 Å². The van der Waals surface area contributed by atoms with Gasteiger partial charge in [0.1, 0.15) is 18.1 Å². The molecule has 0 spiro atoms. The van der Waals surface area contributed by atoms with Crippen LogP contribution in [-0.2, 0) is 22.6 Å². The maximum atomic E-state index is 5.96. The Labute approximate surface area is 208 Å². The molecule has 0 fully saturated rings. The topological polar surface area (TPSA) is 73.3 Å². The van der Waals surface area contributed by atoms with Crippen LogP contribution in [-0.4, -0.2) is 53.7 Å². The van der Waals surface area contributed by atoms with E-state index in [2.05, 4.69) is 40.7 Å². The van der Waals surface area contributed by atoms with Gasteiger partial charge in [0.15, 0.2) is 5.96 Å². The molecule has 178 valence electrons. The van der Waals surface area contributed by atoms with E-state index >= 15 is 0 Å². The number of halogens is 1. The number of ether oxygens (including phenoxy) is 4. The molecule has 0 bridgehead atoms. The van der Waals surface area contributed by atoms with Crippen molar-refractivity contribution in [1.29, 1.82) is 0 Å².